The summed E-state index contributed by atoms with van der Waals surface area (Å²) in [7, 11) is -3.20. The van der Waals surface area contributed by atoms with Gasteiger partial charge in [-0.25, -0.2) is 18.4 Å². The molecule has 1 saturated carbocycles. The maximum atomic E-state index is 12.7. The molecule has 1 saturated heterocycles. The summed E-state index contributed by atoms with van der Waals surface area (Å²) in [5, 5.41) is 0.229. The van der Waals surface area contributed by atoms with E-state index in [4.69, 9.17) is 16.3 Å². The van der Waals surface area contributed by atoms with Crippen LogP contribution in [-0.2, 0) is 10.0 Å². The van der Waals surface area contributed by atoms with Crippen molar-refractivity contribution in [3.63, 3.8) is 0 Å². The van der Waals surface area contributed by atoms with Crippen LogP contribution in [0.2, 0.25) is 5.02 Å². The van der Waals surface area contributed by atoms with Crippen molar-refractivity contribution in [3.05, 3.63) is 17.4 Å². The topological polar surface area (TPSA) is 72.4 Å². The molecule has 0 spiro atoms. The summed E-state index contributed by atoms with van der Waals surface area (Å²) in [5.41, 5.74) is 0. The van der Waals surface area contributed by atoms with Crippen LogP contribution < -0.4 is 4.74 Å². The number of hydrogen-bond acceptors (Lipinski definition) is 5. The lowest BCUT2D eigenvalue weighted by atomic mass is 10.0. The van der Waals surface area contributed by atoms with Gasteiger partial charge in [-0.2, -0.15) is 4.31 Å². The number of ether oxygens (including phenoxy) is 1. The third-order valence-corrected chi connectivity index (χ3v) is 6.87. The van der Waals surface area contributed by atoms with Gasteiger partial charge in [0.2, 0.25) is 10.0 Å². The van der Waals surface area contributed by atoms with Gasteiger partial charge >= 0.3 is 6.01 Å². The zero-order valence-electron chi connectivity index (χ0n) is 12.3. The Labute approximate surface area is 135 Å². The lowest BCUT2D eigenvalue weighted by Gasteiger charge is -2.26. The predicted molar refractivity (Wildman–Crippen MR) is 83.4 cm³/mol. The maximum absolute atomic E-state index is 12.7. The SMILES string of the molecule is O=S(=O)(C1CCCCC1)N1CCC(Oc2ncc(Cl)cn2)C1. The second-order valence-electron chi connectivity index (χ2n) is 5.88. The Morgan fingerprint density at radius 3 is 2.50 bits per heavy atom. The van der Waals surface area contributed by atoms with E-state index in [9.17, 15) is 8.42 Å². The molecule has 0 aromatic carbocycles. The average molecular weight is 346 g/mol. The van der Waals surface area contributed by atoms with E-state index in [0.717, 1.165) is 32.1 Å². The predicted octanol–water partition coefficient (Wildman–Crippen LogP) is 2.25. The molecule has 2 heterocycles. The van der Waals surface area contributed by atoms with Gasteiger partial charge in [-0.15, -0.1) is 0 Å². The molecule has 1 aliphatic heterocycles. The Hall–Kier alpha value is -0.920. The molecule has 0 N–H and O–H groups in total. The number of aromatic nitrogens is 2. The molecule has 6 nitrogen and oxygen atoms in total. The summed E-state index contributed by atoms with van der Waals surface area (Å²) < 4.78 is 32.5. The van der Waals surface area contributed by atoms with Gasteiger partial charge in [0, 0.05) is 6.54 Å². The highest BCUT2D eigenvalue weighted by atomic mass is 35.5. The summed E-state index contributed by atoms with van der Waals surface area (Å²) in [6.45, 7) is 0.891. The van der Waals surface area contributed by atoms with Crippen molar-refractivity contribution in [2.24, 2.45) is 0 Å². The minimum Gasteiger partial charge on any atom is -0.459 e. The first-order chi connectivity index (χ1) is 10.6. The molecule has 8 heteroatoms. The maximum Gasteiger partial charge on any atom is 0.316 e. The van der Waals surface area contributed by atoms with Crippen molar-refractivity contribution < 1.29 is 13.2 Å². The van der Waals surface area contributed by atoms with Gasteiger partial charge < -0.3 is 4.74 Å². The van der Waals surface area contributed by atoms with Gasteiger partial charge in [0.05, 0.1) is 29.2 Å². The molecule has 3 rings (SSSR count). The van der Waals surface area contributed by atoms with Crippen LogP contribution in [0.4, 0.5) is 0 Å². The molecule has 1 unspecified atom stereocenters. The fourth-order valence-electron chi connectivity index (χ4n) is 3.11. The molecule has 2 aliphatic rings. The Morgan fingerprint density at radius 1 is 1.14 bits per heavy atom. The van der Waals surface area contributed by atoms with E-state index in [1.807, 2.05) is 0 Å². The molecular weight excluding hydrogens is 326 g/mol. The van der Waals surface area contributed by atoms with Gasteiger partial charge in [-0.1, -0.05) is 30.9 Å². The van der Waals surface area contributed by atoms with Crippen molar-refractivity contribution in [1.29, 1.82) is 0 Å². The fourth-order valence-corrected chi connectivity index (χ4v) is 5.29. The van der Waals surface area contributed by atoms with Crippen LogP contribution in [0.5, 0.6) is 6.01 Å². The van der Waals surface area contributed by atoms with Crippen LogP contribution in [0.25, 0.3) is 0 Å². The summed E-state index contributed by atoms with van der Waals surface area (Å²) in [4.78, 5) is 7.97. The van der Waals surface area contributed by atoms with Crippen molar-refractivity contribution in [1.82, 2.24) is 14.3 Å². The number of halogens is 1. The van der Waals surface area contributed by atoms with Crippen molar-refractivity contribution in [2.45, 2.75) is 49.9 Å². The van der Waals surface area contributed by atoms with Crippen LogP contribution in [0.1, 0.15) is 38.5 Å². The highest BCUT2D eigenvalue weighted by Gasteiger charge is 2.38. The summed E-state index contributed by atoms with van der Waals surface area (Å²) in [6, 6.07) is 0.242. The summed E-state index contributed by atoms with van der Waals surface area (Å²) >= 11 is 5.73. The minimum absolute atomic E-state index is 0.195. The van der Waals surface area contributed by atoms with E-state index >= 15 is 0 Å². The van der Waals surface area contributed by atoms with Gasteiger partial charge in [0.15, 0.2) is 0 Å². The molecule has 22 heavy (non-hydrogen) atoms. The van der Waals surface area contributed by atoms with Crippen molar-refractivity contribution in [3.8, 4) is 6.01 Å². The lowest BCUT2D eigenvalue weighted by molar-refractivity contribution is 0.197. The third-order valence-electron chi connectivity index (χ3n) is 4.31. The largest absolute Gasteiger partial charge is 0.459 e. The zero-order valence-corrected chi connectivity index (χ0v) is 13.9. The van der Waals surface area contributed by atoms with E-state index in [1.165, 1.54) is 12.4 Å². The molecule has 122 valence electrons. The molecule has 0 amide bonds. The first-order valence-corrected chi connectivity index (χ1v) is 9.57. The van der Waals surface area contributed by atoms with E-state index in [0.29, 0.717) is 24.5 Å². The van der Waals surface area contributed by atoms with E-state index < -0.39 is 10.0 Å². The number of rotatable bonds is 4. The normalized spacial score (nSPS) is 24.5. The number of sulfonamides is 1. The molecule has 1 aliphatic carbocycles. The molecule has 2 fully saturated rings. The Bertz CT molecular complexity index is 602. The number of nitrogens with zero attached hydrogens (tertiary/aromatic N) is 3. The van der Waals surface area contributed by atoms with Gasteiger partial charge in [0.1, 0.15) is 6.10 Å². The van der Waals surface area contributed by atoms with E-state index in [2.05, 4.69) is 9.97 Å². The van der Waals surface area contributed by atoms with Gasteiger partial charge in [-0.05, 0) is 19.3 Å². The van der Waals surface area contributed by atoms with Crippen molar-refractivity contribution >= 4 is 21.6 Å². The van der Waals surface area contributed by atoms with E-state index in [1.54, 1.807) is 4.31 Å². The smallest absolute Gasteiger partial charge is 0.316 e. The molecule has 1 aromatic rings. The molecule has 0 radical (unpaired) electrons. The van der Waals surface area contributed by atoms with Crippen LogP contribution in [-0.4, -0.2) is 47.1 Å². The average Bonchev–Trinajstić information content (AvgIpc) is 3.00. The summed E-state index contributed by atoms with van der Waals surface area (Å²) in [6.07, 6.45) is 8.13. The standard InChI is InChI=1S/C14H20ClN3O3S/c15-11-8-16-14(17-9-11)21-12-6-7-18(10-12)22(19,20)13-4-2-1-3-5-13/h8-9,12-13H,1-7,10H2. The van der Waals surface area contributed by atoms with Crippen LogP contribution in [0.15, 0.2) is 12.4 Å². The molecule has 1 aromatic heterocycles. The van der Waals surface area contributed by atoms with E-state index in [-0.39, 0.29) is 17.4 Å². The minimum atomic E-state index is -3.20. The van der Waals surface area contributed by atoms with Gasteiger partial charge in [-0.3, -0.25) is 0 Å². The molecular formula is C14H20ClN3O3S. The zero-order chi connectivity index (χ0) is 15.6. The van der Waals surface area contributed by atoms with Crippen LogP contribution >= 0.6 is 11.6 Å². The Balaban J connectivity index is 1.60. The molecule has 0 bridgehead atoms. The lowest BCUT2D eigenvalue weighted by Crippen LogP contribution is -2.39. The molecule has 1 atom stereocenters. The fraction of sp³-hybridized carbons (Fsp3) is 0.714. The quantitative estimate of drug-likeness (QED) is 0.836. The first kappa shape index (κ1) is 16.0. The van der Waals surface area contributed by atoms with Crippen molar-refractivity contribution in [2.75, 3.05) is 13.1 Å². The Morgan fingerprint density at radius 2 is 1.82 bits per heavy atom. The summed E-state index contributed by atoms with van der Waals surface area (Å²) in [5.74, 6) is 0. The highest BCUT2D eigenvalue weighted by molar-refractivity contribution is 7.89. The van der Waals surface area contributed by atoms with Crippen LogP contribution in [0, 0.1) is 0 Å². The second kappa shape index (κ2) is 6.68. The van der Waals surface area contributed by atoms with Crippen LogP contribution in [0.3, 0.4) is 0 Å². The third kappa shape index (κ3) is 3.52. The Kier molecular flexibility index (Phi) is 4.84. The monoisotopic (exact) mass is 345 g/mol. The number of hydrogen-bond donors (Lipinski definition) is 0. The first-order valence-electron chi connectivity index (χ1n) is 7.69. The van der Waals surface area contributed by atoms with Gasteiger partial charge in [0.25, 0.3) is 0 Å². The second-order valence-corrected chi connectivity index (χ2v) is 8.52. The highest BCUT2D eigenvalue weighted by Crippen LogP contribution is 2.28.